The minimum Gasteiger partial charge on any atom is -0.488 e. The van der Waals surface area contributed by atoms with Gasteiger partial charge in [0, 0.05) is 6.61 Å². The van der Waals surface area contributed by atoms with E-state index in [1.165, 1.54) is 12.1 Å². The van der Waals surface area contributed by atoms with Gasteiger partial charge in [0.2, 0.25) is 0 Å². The lowest BCUT2D eigenvalue weighted by Crippen LogP contribution is -2.10. The lowest BCUT2D eigenvalue weighted by Gasteiger charge is -2.11. The van der Waals surface area contributed by atoms with Crippen molar-refractivity contribution in [1.29, 1.82) is 0 Å². The van der Waals surface area contributed by atoms with Gasteiger partial charge in [0.25, 0.3) is 0 Å². The molecule has 0 fully saturated rings. The third-order valence-corrected chi connectivity index (χ3v) is 2.37. The molecule has 1 atom stereocenters. The van der Waals surface area contributed by atoms with E-state index in [0.717, 1.165) is 0 Å². The highest BCUT2D eigenvalue weighted by Gasteiger charge is 2.07. The van der Waals surface area contributed by atoms with Crippen LogP contribution in [0.15, 0.2) is 18.2 Å². The van der Waals surface area contributed by atoms with Crippen LogP contribution in [0.25, 0.3) is 0 Å². The molecule has 1 aromatic carbocycles. The molecule has 0 saturated heterocycles. The topological polar surface area (TPSA) is 38.7 Å². The zero-order chi connectivity index (χ0) is 13.5. The van der Waals surface area contributed by atoms with Gasteiger partial charge in [0.15, 0.2) is 11.6 Å². The summed E-state index contributed by atoms with van der Waals surface area (Å²) in [7, 11) is 0. The lowest BCUT2D eigenvalue weighted by atomic mass is 10.1. The van der Waals surface area contributed by atoms with Crippen LogP contribution in [-0.4, -0.2) is 24.9 Å². The molecule has 102 valence electrons. The summed E-state index contributed by atoms with van der Waals surface area (Å²) < 4.78 is 24.2. The summed E-state index contributed by atoms with van der Waals surface area (Å²) in [5.74, 6) is 0.205. The van der Waals surface area contributed by atoms with Crippen molar-refractivity contribution >= 4 is 0 Å². The van der Waals surface area contributed by atoms with Crippen molar-refractivity contribution in [2.24, 2.45) is 5.92 Å². The second kappa shape index (κ2) is 7.34. The van der Waals surface area contributed by atoms with Crippen LogP contribution in [0.1, 0.15) is 32.4 Å². The Morgan fingerprint density at radius 3 is 2.50 bits per heavy atom. The molecule has 1 aromatic rings. The van der Waals surface area contributed by atoms with Gasteiger partial charge in [-0.2, -0.15) is 0 Å². The van der Waals surface area contributed by atoms with E-state index < -0.39 is 11.9 Å². The zero-order valence-electron chi connectivity index (χ0n) is 11.1. The largest absolute Gasteiger partial charge is 0.488 e. The summed E-state index contributed by atoms with van der Waals surface area (Å²) in [5, 5.41) is 9.31. The van der Waals surface area contributed by atoms with Crippen LogP contribution >= 0.6 is 0 Å². The van der Waals surface area contributed by atoms with Crippen LogP contribution in [0, 0.1) is 11.7 Å². The first kappa shape index (κ1) is 14.9. The van der Waals surface area contributed by atoms with Crippen LogP contribution in [0.2, 0.25) is 0 Å². The molecular weight excluding hydrogens is 235 g/mol. The van der Waals surface area contributed by atoms with E-state index in [0.29, 0.717) is 31.3 Å². The van der Waals surface area contributed by atoms with Crippen LogP contribution in [0.5, 0.6) is 5.75 Å². The van der Waals surface area contributed by atoms with E-state index in [4.69, 9.17) is 9.47 Å². The summed E-state index contributed by atoms with van der Waals surface area (Å²) in [5.41, 5.74) is 0.538. The fraction of sp³-hybridized carbons (Fsp3) is 0.571. The van der Waals surface area contributed by atoms with Gasteiger partial charge in [-0.3, -0.25) is 0 Å². The average Bonchev–Trinajstić information content (AvgIpc) is 2.29. The fourth-order valence-electron chi connectivity index (χ4n) is 1.42. The van der Waals surface area contributed by atoms with E-state index >= 15 is 0 Å². The highest BCUT2D eigenvalue weighted by molar-refractivity contribution is 5.30. The van der Waals surface area contributed by atoms with E-state index in [2.05, 4.69) is 13.8 Å². The maximum absolute atomic E-state index is 13.6. The van der Waals surface area contributed by atoms with Gasteiger partial charge in [-0.15, -0.1) is 0 Å². The first-order valence-electron chi connectivity index (χ1n) is 6.18. The molecule has 0 aliphatic carbocycles. The molecule has 0 bridgehead atoms. The van der Waals surface area contributed by atoms with E-state index in [1.807, 2.05) is 0 Å². The van der Waals surface area contributed by atoms with Gasteiger partial charge in [-0.25, -0.2) is 4.39 Å². The Hall–Kier alpha value is -1.13. The highest BCUT2D eigenvalue weighted by atomic mass is 19.1. The van der Waals surface area contributed by atoms with Gasteiger partial charge in [0.05, 0.1) is 12.7 Å². The fourth-order valence-corrected chi connectivity index (χ4v) is 1.42. The van der Waals surface area contributed by atoms with Crippen LogP contribution in [0.4, 0.5) is 4.39 Å². The average molecular weight is 256 g/mol. The minimum atomic E-state index is -0.678. The summed E-state index contributed by atoms with van der Waals surface area (Å²) >= 11 is 0. The zero-order valence-corrected chi connectivity index (χ0v) is 11.1. The Labute approximate surface area is 108 Å². The molecule has 0 heterocycles. The van der Waals surface area contributed by atoms with Gasteiger partial charge < -0.3 is 14.6 Å². The third kappa shape index (κ3) is 5.02. The summed E-state index contributed by atoms with van der Waals surface area (Å²) in [6.07, 6.45) is -0.678. The number of hydrogen-bond donors (Lipinski definition) is 1. The van der Waals surface area contributed by atoms with Crippen molar-refractivity contribution in [3.63, 3.8) is 0 Å². The second-order valence-corrected chi connectivity index (χ2v) is 4.68. The molecule has 0 aliphatic rings. The number of hydrogen-bond acceptors (Lipinski definition) is 3. The van der Waals surface area contributed by atoms with Crippen molar-refractivity contribution in [2.75, 3.05) is 19.8 Å². The second-order valence-electron chi connectivity index (χ2n) is 4.68. The van der Waals surface area contributed by atoms with Gasteiger partial charge in [-0.1, -0.05) is 19.9 Å². The summed E-state index contributed by atoms with van der Waals surface area (Å²) in [6, 6.07) is 4.47. The quantitative estimate of drug-likeness (QED) is 0.762. The molecule has 4 heteroatoms. The van der Waals surface area contributed by atoms with Gasteiger partial charge in [-0.05, 0) is 30.5 Å². The first-order chi connectivity index (χ1) is 8.50. The van der Waals surface area contributed by atoms with Crippen molar-refractivity contribution in [2.45, 2.75) is 26.9 Å². The van der Waals surface area contributed by atoms with E-state index in [9.17, 15) is 9.50 Å². The molecule has 18 heavy (non-hydrogen) atoms. The van der Waals surface area contributed by atoms with Crippen LogP contribution < -0.4 is 4.74 Å². The Morgan fingerprint density at radius 2 is 1.94 bits per heavy atom. The smallest absolute Gasteiger partial charge is 0.165 e. The molecule has 0 saturated carbocycles. The SMILES string of the molecule is CC(C)COCCOc1ccc([C@@H](C)O)cc1F. The minimum absolute atomic E-state index is 0.188. The predicted molar refractivity (Wildman–Crippen MR) is 68.2 cm³/mol. The third-order valence-electron chi connectivity index (χ3n) is 2.37. The molecule has 0 aliphatic heterocycles. The number of benzene rings is 1. The first-order valence-corrected chi connectivity index (χ1v) is 6.18. The highest BCUT2D eigenvalue weighted by Crippen LogP contribution is 2.21. The maximum Gasteiger partial charge on any atom is 0.165 e. The molecule has 0 unspecified atom stereocenters. The lowest BCUT2D eigenvalue weighted by molar-refractivity contribution is 0.0807. The number of aliphatic hydroxyl groups is 1. The monoisotopic (exact) mass is 256 g/mol. The number of ether oxygens (including phenoxy) is 2. The maximum atomic E-state index is 13.6. The van der Waals surface area contributed by atoms with Crippen LogP contribution in [-0.2, 0) is 4.74 Å². The van der Waals surface area contributed by atoms with Gasteiger partial charge in [0.1, 0.15) is 6.61 Å². The Bertz CT molecular complexity index is 364. The van der Waals surface area contributed by atoms with Crippen LogP contribution in [0.3, 0.4) is 0 Å². The Balaban J connectivity index is 2.39. The molecular formula is C14H21FO3. The molecule has 1 rings (SSSR count). The molecule has 0 spiro atoms. The Morgan fingerprint density at radius 1 is 1.22 bits per heavy atom. The van der Waals surface area contributed by atoms with Crippen molar-refractivity contribution in [3.8, 4) is 5.75 Å². The van der Waals surface area contributed by atoms with E-state index in [-0.39, 0.29) is 5.75 Å². The van der Waals surface area contributed by atoms with Crippen molar-refractivity contribution in [3.05, 3.63) is 29.6 Å². The molecule has 1 N–H and O–H groups in total. The van der Waals surface area contributed by atoms with Crippen molar-refractivity contribution in [1.82, 2.24) is 0 Å². The standard InChI is InChI=1S/C14H21FO3/c1-10(2)9-17-6-7-18-14-5-4-12(11(3)16)8-13(14)15/h4-5,8,10-11,16H,6-7,9H2,1-3H3/t11-/m1/s1. The number of halogens is 1. The van der Waals surface area contributed by atoms with Crippen molar-refractivity contribution < 1.29 is 19.0 Å². The molecule has 0 aromatic heterocycles. The molecule has 0 amide bonds. The molecule has 3 nitrogen and oxygen atoms in total. The summed E-state index contributed by atoms with van der Waals surface area (Å²) in [4.78, 5) is 0. The van der Waals surface area contributed by atoms with E-state index in [1.54, 1.807) is 13.0 Å². The normalized spacial score (nSPS) is 12.8. The Kier molecular flexibility index (Phi) is 6.09. The molecule has 0 radical (unpaired) electrons. The summed E-state index contributed by atoms with van der Waals surface area (Å²) in [6.45, 7) is 7.15. The van der Waals surface area contributed by atoms with Gasteiger partial charge >= 0.3 is 0 Å². The number of rotatable bonds is 7. The predicted octanol–water partition coefficient (Wildman–Crippen LogP) is 2.93. The number of aliphatic hydroxyl groups excluding tert-OH is 1.